The summed E-state index contributed by atoms with van der Waals surface area (Å²) in [7, 11) is 2.80. The van der Waals surface area contributed by atoms with Crippen molar-refractivity contribution < 1.29 is 27.4 Å². The number of ether oxygens (including phenoxy) is 2. The molecule has 23 heavy (non-hydrogen) atoms. The minimum absolute atomic E-state index is 0.0660. The smallest absolute Gasteiger partial charge is 0.418 e. The first-order chi connectivity index (χ1) is 10.8. The zero-order valence-corrected chi connectivity index (χ0v) is 12.9. The van der Waals surface area contributed by atoms with Gasteiger partial charge in [0.1, 0.15) is 5.75 Å². The van der Waals surface area contributed by atoms with Crippen molar-refractivity contribution in [2.24, 2.45) is 0 Å². The van der Waals surface area contributed by atoms with Crippen LogP contribution in [0.2, 0.25) is 0 Å². The minimum atomic E-state index is -4.59. The monoisotopic (exact) mass is 332 g/mol. The largest absolute Gasteiger partial charge is 0.497 e. The van der Waals surface area contributed by atoms with Crippen molar-refractivity contribution in [1.82, 2.24) is 4.90 Å². The molecule has 0 radical (unpaired) electrons. The maximum absolute atomic E-state index is 13.1. The molecule has 1 aromatic carbocycles. The summed E-state index contributed by atoms with van der Waals surface area (Å²) < 4.78 is 49.5. The normalized spacial score (nSPS) is 17.9. The molecule has 8 heteroatoms. The van der Waals surface area contributed by atoms with Crippen LogP contribution < -0.4 is 10.1 Å². The number of carbonyl (C=O) groups excluding carboxylic acids is 1. The molecule has 1 heterocycles. The molecule has 1 atom stereocenters. The average molecular weight is 332 g/mol. The van der Waals surface area contributed by atoms with Gasteiger partial charge < -0.3 is 19.7 Å². The van der Waals surface area contributed by atoms with Crippen LogP contribution in [0, 0.1) is 0 Å². The first kappa shape index (κ1) is 17.4. The van der Waals surface area contributed by atoms with E-state index in [1.807, 2.05) is 0 Å². The van der Waals surface area contributed by atoms with Gasteiger partial charge in [-0.3, -0.25) is 0 Å². The van der Waals surface area contributed by atoms with E-state index in [1.165, 1.54) is 31.2 Å². The Hall–Kier alpha value is -1.96. The number of rotatable bonds is 4. The molecule has 1 aliphatic heterocycles. The Balaban J connectivity index is 2.10. The van der Waals surface area contributed by atoms with Gasteiger partial charge >= 0.3 is 12.2 Å². The van der Waals surface area contributed by atoms with E-state index in [1.54, 1.807) is 0 Å². The van der Waals surface area contributed by atoms with E-state index in [9.17, 15) is 18.0 Å². The Morgan fingerprint density at radius 1 is 1.48 bits per heavy atom. The summed E-state index contributed by atoms with van der Waals surface area (Å²) in [4.78, 5) is 13.4. The summed E-state index contributed by atoms with van der Waals surface area (Å²) in [6.45, 7) is 0.986. The highest BCUT2D eigenvalue weighted by atomic mass is 19.4. The summed E-state index contributed by atoms with van der Waals surface area (Å²) in [5.74, 6) is 0.0723. The van der Waals surface area contributed by atoms with Gasteiger partial charge in [-0.1, -0.05) is 0 Å². The van der Waals surface area contributed by atoms with Crippen LogP contribution in [0.1, 0.15) is 18.4 Å². The van der Waals surface area contributed by atoms with Gasteiger partial charge in [0.25, 0.3) is 0 Å². The summed E-state index contributed by atoms with van der Waals surface area (Å²) in [5.41, 5.74) is -1.25. The Labute approximate surface area is 132 Å². The van der Waals surface area contributed by atoms with Gasteiger partial charge in [-0.15, -0.1) is 0 Å². The van der Waals surface area contributed by atoms with Crippen LogP contribution in [-0.4, -0.2) is 44.3 Å². The highest BCUT2D eigenvalue weighted by Crippen LogP contribution is 2.37. The molecular weight excluding hydrogens is 313 g/mol. The molecule has 2 rings (SSSR count). The SMILES string of the molecule is COc1ccc(NC(=O)N(C)CC2CCCO2)c(C(F)(F)F)c1. The molecule has 128 valence electrons. The van der Waals surface area contributed by atoms with Gasteiger partial charge in [0.05, 0.1) is 24.5 Å². The van der Waals surface area contributed by atoms with Crippen LogP contribution >= 0.6 is 0 Å². The number of methoxy groups -OCH3 is 1. The lowest BCUT2D eigenvalue weighted by Crippen LogP contribution is -2.37. The highest BCUT2D eigenvalue weighted by molar-refractivity contribution is 5.90. The number of carbonyl (C=O) groups is 1. The van der Waals surface area contributed by atoms with E-state index in [0.717, 1.165) is 18.9 Å². The molecule has 0 aromatic heterocycles. The Bertz CT molecular complexity index is 557. The van der Waals surface area contributed by atoms with Gasteiger partial charge in [-0.25, -0.2) is 4.79 Å². The third kappa shape index (κ3) is 4.51. The number of benzene rings is 1. The number of urea groups is 1. The molecule has 1 aliphatic rings. The van der Waals surface area contributed by atoms with Gasteiger partial charge in [0, 0.05) is 20.2 Å². The van der Waals surface area contributed by atoms with Crippen molar-refractivity contribution in [2.75, 3.05) is 32.6 Å². The van der Waals surface area contributed by atoms with Crippen LogP contribution in [0.15, 0.2) is 18.2 Å². The van der Waals surface area contributed by atoms with E-state index in [2.05, 4.69) is 5.32 Å². The predicted molar refractivity (Wildman–Crippen MR) is 78.6 cm³/mol. The van der Waals surface area contributed by atoms with Gasteiger partial charge in [0.15, 0.2) is 0 Å². The van der Waals surface area contributed by atoms with Crippen LogP contribution in [0.5, 0.6) is 5.75 Å². The lowest BCUT2D eigenvalue weighted by Gasteiger charge is -2.22. The molecule has 0 aliphatic carbocycles. The molecule has 1 unspecified atom stereocenters. The Kier molecular flexibility index (Phi) is 5.35. The Morgan fingerprint density at radius 2 is 2.22 bits per heavy atom. The number of alkyl halides is 3. The van der Waals surface area contributed by atoms with E-state index in [0.29, 0.717) is 13.2 Å². The molecular formula is C15H19F3N2O3. The second kappa shape index (κ2) is 7.08. The minimum Gasteiger partial charge on any atom is -0.497 e. The van der Waals surface area contributed by atoms with Gasteiger partial charge in [-0.05, 0) is 31.0 Å². The molecule has 0 spiro atoms. The molecule has 1 aromatic rings. The standard InChI is InChI=1S/C15H19F3N2O3/c1-20(9-11-4-3-7-23-11)14(21)19-13-6-5-10(22-2)8-12(13)15(16,17)18/h5-6,8,11H,3-4,7,9H2,1-2H3,(H,19,21). The predicted octanol–water partition coefficient (Wildman–Crippen LogP) is 3.36. The third-order valence-electron chi connectivity index (χ3n) is 3.62. The van der Waals surface area contributed by atoms with Crippen molar-refractivity contribution in [1.29, 1.82) is 0 Å². The van der Waals surface area contributed by atoms with E-state index in [-0.39, 0.29) is 17.5 Å². The van der Waals surface area contributed by atoms with Crippen LogP contribution in [0.3, 0.4) is 0 Å². The maximum atomic E-state index is 13.1. The van der Waals surface area contributed by atoms with Crippen LogP contribution in [0.25, 0.3) is 0 Å². The first-order valence-corrected chi connectivity index (χ1v) is 7.20. The summed E-state index contributed by atoms with van der Waals surface area (Å²) in [5, 5.41) is 2.30. The van der Waals surface area contributed by atoms with E-state index < -0.39 is 17.8 Å². The van der Waals surface area contributed by atoms with Crippen molar-refractivity contribution in [3.05, 3.63) is 23.8 Å². The molecule has 1 saturated heterocycles. The second-order valence-corrected chi connectivity index (χ2v) is 5.35. The summed E-state index contributed by atoms with van der Waals surface area (Å²) in [6, 6.07) is 2.79. The molecule has 1 N–H and O–H groups in total. The lowest BCUT2D eigenvalue weighted by atomic mass is 10.1. The quantitative estimate of drug-likeness (QED) is 0.920. The fourth-order valence-corrected chi connectivity index (χ4v) is 2.38. The number of nitrogens with one attached hydrogen (secondary N) is 1. The van der Waals surface area contributed by atoms with Gasteiger partial charge in [-0.2, -0.15) is 13.2 Å². The molecule has 5 nitrogen and oxygen atoms in total. The number of amides is 2. The molecule has 2 amide bonds. The van der Waals surface area contributed by atoms with E-state index >= 15 is 0 Å². The molecule has 0 bridgehead atoms. The number of hydrogen-bond donors (Lipinski definition) is 1. The second-order valence-electron chi connectivity index (χ2n) is 5.35. The molecule has 1 fully saturated rings. The van der Waals surface area contributed by atoms with Gasteiger partial charge in [0.2, 0.25) is 0 Å². The van der Waals surface area contributed by atoms with Crippen molar-refractivity contribution in [3.63, 3.8) is 0 Å². The summed E-state index contributed by atoms with van der Waals surface area (Å²) in [6.07, 6.45) is -2.89. The fourth-order valence-electron chi connectivity index (χ4n) is 2.38. The molecule has 0 saturated carbocycles. The van der Waals surface area contributed by atoms with Crippen molar-refractivity contribution in [2.45, 2.75) is 25.1 Å². The third-order valence-corrected chi connectivity index (χ3v) is 3.62. The topological polar surface area (TPSA) is 50.8 Å². The number of hydrogen-bond acceptors (Lipinski definition) is 3. The highest BCUT2D eigenvalue weighted by Gasteiger charge is 2.35. The maximum Gasteiger partial charge on any atom is 0.418 e. The number of nitrogens with zero attached hydrogens (tertiary/aromatic N) is 1. The van der Waals surface area contributed by atoms with Crippen molar-refractivity contribution in [3.8, 4) is 5.75 Å². The lowest BCUT2D eigenvalue weighted by molar-refractivity contribution is -0.137. The first-order valence-electron chi connectivity index (χ1n) is 7.20. The fraction of sp³-hybridized carbons (Fsp3) is 0.533. The average Bonchev–Trinajstić information content (AvgIpc) is 2.99. The van der Waals surface area contributed by atoms with Crippen molar-refractivity contribution >= 4 is 11.7 Å². The zero-order chi connectivity index (χ0) is 17.0. The number of likely N-dealkylation sites (N-methyl/N-ethyl adjacent to an activating group) is 1. The van der Waals surface area contributed by atoms with E-state index in [4.69, 9.17) is 9.47 Å². The number of anilines is 1. The number of halogens is 3. The summed E-state index contributed by atoms with van der Waals surface area (Å²) >= 11 is 0. The van der Waals surface area contributed by atoms with Crippen LogP contribution in [-0.2, 0) is 10.9 Å². The van der Waals surface area contributed by atoms with Crippen LogP contribution in [0.4, 0.5) is 23.7 Å². The Morgan fingerprint density at radius 3 is 2.78 bits per heavy atom. The zero-order valence-electron chi connectivity index (χ0n) is 12.9.